The number of nitrogens with one attached hydrogen (secondary N) is 1. The molecule has 1 aliphatic rings. The molecule has 11 heteroatoms. The van der Waals surface area contributed by atoms with Crippen molar-refractivity contribution in [1.29, 1.82) is 0 Å². The highest BCUT2D eigenvalue weighted by Gasteiger charge is 2.73. The SMILES string of the molecule is O=S(=O)(N[C@H]1CC[C@@H](C(O)(C(F)(F)F)C(F)(F)F)CC1)c1ccccc1. The molecular weight excluding hydrogens is 388 g/mol. The zero-order chi connectivity index (χ0) is 19.8. The molecule has 0 saturated heterocycles. The molecule has 0 spiro atoms. The molecule has 2 rings (SSSR count). The number of hydrogen-bond acceptors (Lipinski definition) is 3. The van der Waals surface area contributed by atoms with Crippen LogP contribution >= 0.6 is 0 Å². The first kappa shape index (κ1) is 21.0. The quantitative estimate of drug-likeness (QED) is 0.755. The first-order chi connectivity index (χ1) is 11.8. The molecule has 1 fully saturated rings. The average molecular weight is 405 g/mol. The smallest absolute Gasteiger partial charge is 0.373 e. The van der Waals surface area contributed by atoms with Crippen molar-refractivity contribution in [3.8, 4) is 0 Å². The Kier molecular flexibility index (Phi) is 5.65. The van der Waals surface area contributed by atoms with Gasteiger partial charge in [0.25, 0.3) is 5.60 Å². The summed E-state index contributed by atoms with van der Waals surface area (Å²) in [6.07, 6.45) is -13.5. The molecule has 1 aromatic rings. The Hall–Kier alpha value is -1.33. The van der Waals surface area contributed by atoms with Crippen LogP contribution in [0, 0.1) is 5.92 Å². The van der Waals surface area contributed by atoms with Crippen LogP contribution in [0.5, 0.6) is 0 Å². The number of hydrogen-bond donors (Lipinski definition) is 2. The summed E-state index contributed by atoms with van der Waals surface area (Å²) in [6.45, 7) is 0. The van der Waals surface area contributed by atoms with Crippen LogP contribution in [0.4, 0.5) is 26.3 Å². The van der Waals surface area contributed by atoms with Gasteiger partial charge in [0.05, 0.1) is 4.90 Å². The minimum Gasteiger partial charge on any atom is -0.373 e. The van der Waals surface area contributed by atoms with Crippen LogP contribution in [0.1, 0.15) is 25.7 Å². The van der Waals surface area contributed by atoms with Crippen LogP contribution in [0.2, 0.25) is 0 Å². The van der Waals surface area contributed by atoms with E-state index in [4.69, 9.17) is 0 Å². The van der Waals surface area contributed by atoms with Gasteiger partial charge >= 0.3 is 12.4 Å². The topological polar surface area (TPSA) is 66.4 Å². The molecule has 1 aliphatic carbocycles. The number of halogens is 6. The van der Waals surface area contributed by atoms with Crippen molar-refractivity contribution in [2.24, 2.45) is 5.92 Å². The summed E-state index contributed by atoms with van der Waals surface area (Å²) in [5, 5.41) is 9.42. The van der Waals surface area contributed by atoms with E-state index in [9.17, 15) is 39.9 Å². The van der Waals surface area contributed by atoms with E-state index >= 15 is 0 Å². The first-order valence-electron chi connectivity index (χ1n) is 7.72. The van der Waals surface area contributed by atoms with Crippen molar-refractivity contribution in [3.05, 3.63) is 30.3 Å². The lowest BCUT2D eigenvalue weighted by molar-refractivity contribution is -0.387. The molecule has 0 heterocycles. The number of rotatable bonds is 4. The summed E-state index contributed by atoms with van der Waals surface area (Å²) in [5.74, 6) is -2.08. The molecule has 0 amide bonds. The highest BCUT2D eigenvalue weighted by atomic mass is 32.2. The van der Waals surface area contributed by atoms with Crippen LogP contribution in [-0.4, -0.2) is 37.5 Å². The van der Waals surface area contributed by atoms with Crippen molar-refractivity contribution >= 4 is 10.0 Å². The monoisotopic (exact) mass is 405 g/mol. The van der Waals surface area contributed by atoms with Gasteiger partial charge in [-0.05, 0) is 37.8 Å². The molecule has 0 unspecified atom stereocenters. The molecule has 0 aliphatic heterocycles. The third kappa shape index (κ3) is 3.99. The number of alkyl halides is 6. The molecule has 0 bridgehead atoms. The summed E-state index contributed by atoms with van der Waals surface area (Å²) >= 11 is 0. The first-order valence-corrected chi connectivity index (χ1v) is 9.20. The number of aliphatic hydroxyl groups is 1. The van der Waals surface area contributed by atoms with Crippen molar-refractivity contribution in [1.82, 2.24) is 4.72 Å². The van der Waals surface area contributed by atoms with Gasteiger partial charge in [-0.25, -0.2) is 13.1 Å². The molecule has 1 aromatic carbocycles. The standard InChI is InChI=1S/C15H17F6NO3S/c16-14(17,18)13(23,15(19,20)21)10-6-8-11(9-7-10)22-26(24,25)12-4-2-1-3-5-12/h1-5,10-11,22-23H,6-9H2/t10-,11+. The highest BCUT2D eigenvalue weighted by Crippen LogP contribution is 2.51. The summed E-state index contributed by atoms with van der Waals surface area (Å²) in [4.78, 5) is -0.0517. The fourth-order valence-electron chi connectivity index (χ4n) is 3.14. The van der Waals surface area contributed by atoms with E-state index in [0.29, 0.717) is 0 Å². The maximum Gasteiger partial charge on any atom is 0.426 e. The van der Waals surface area contributed by atoms with E-state index in [1.54, 1.807) is 6.07 Å². The third-order valence-electron chi connectivity index (χ3n) is 4.56. The molecule has 0 atom stereocenters. The van der Waals surface area contributed by atoms with Gasteiger partial charge in [-0.2, -0.15) is 26.3 Å². The molecule has 0 radical (unpaired) electrons. The molecule has 148 valence electrons. The Bertz CT molecular complexity index is 695. The zero-order valence-corrected chi connectivity index (χ0v) is 14.1. The average Bonchev–Trinajstić information content (AvgIpc) is 2.53. The van der Waals surface area contributed by atoms with Crippen LogP contribution < -0.4 is 4.72 Å². The number of sulfonamides is 1. The van der Waals surface area contributed by atoms with Crippen LogP contribution in [0.25, 0.3) is 0 Å². The molecule has 0 aromatic heterocycles. The Morgan fingerprint density at radius 2 is 1.35 bits per heavy atom. The van der Waals surface area contributed by atoms with Crippen molar-refractivity contribution < 1.29 is 39.9 Å². The normalized spacial score (nSPS) is 23.0. The van der Waals surface area contributed by atoms with Gasteiger partial charge in [0.2, 0.25) is 10.0 Å². The lowest BCUT2D eigenvalue weighted by atomic mass is 9.74. The van der Waals surface area contributed by atoms with E-state index in [2.05, 4.69) is 4.72 Å². The summed E-state index contributed by atoms with van der Waals surface area (Å²) < 4.78 is 104. The largest absolute Gasteiger partial charge is 0.426 e. The number of benzene rings is 1. The van der Waals surface area contributed by atoms with E-state index in [-0.39, 0.29) is 17.7 Å². The molecule has 1 saturated carbocycles. The molecule has 26 heavy (non-hydrogen) atoms. The van der Waals surface area contributed by atoms with E-state index in [1.165, 1.54) is 24.3 Å². The molecular formula is C15H17F6NO3S. The second-order valence-electron chi connectivity index (χ2n) is 6.24. The van der Waals surface area contributed by atoms with Crippen LogP contribution in [0.15, 0.2) is 35.2 Å². The molecule has 2 N–H and O–H groups in total. The Morgan fingerprint density at radius 3 is 1.77 bits per heavy atom. The summed E-state index contributed by atoms with van der Waals surface area (Å²) in [6, 6.07) is 6.40. The lowest BCUT2D eigenvalue weighted by Crippen LogP contribution is -2.62. The van der Waals surface area contributed by atoms with Crippen molar-refractivity contribution in [2.75, 3.05) is 0 Å². The van der Waals surface area contributed by atoms with Crippen LogP contribution in [0.3, 0.4) is 0 Å². The van der Waals surface area contributed by atoms with Gasteiger partial charge in [0.15, 0.2) is 0 Å². The van der Waals surface area contributed by atoms with Gasteiger partial charge < -0.3 is 5.11 Å². The van der Waals surface area contributed by atoms with Crippen LogP contribution in [-0.2, 0) is 10.0 Å². The molecule has 4 nitrogen and oxygen atoms in total. The van der Waals surface area contributed by atoms with Crippen molar-refractivity contribution in [2.45, 2.75) is 54.6 Å². The van der Waals surface area contributed by atoms with Gasteiger partial charge in [-0.3, -0.25) is 0 Å². The van der Waals surface area contributed by atoms with E-state index < -0.39 is 52.8 Å². The Morgan fingerprint density at radius 1 is 0.885 bits per heavy atom. The van der Waals surface area contributed by atoms with Gasteiger partial charge in [0, 0.05) is 12.0 Å². The zero-order valence-electron chi connectivity index (χ0n) is 13.3. The predicted molar refractivity (Wildman–Crippen MR) is 79.6 cm³/mol. The maximum absolute atomic E-state index is 12.9. The van der Waals surface area contributed by atoms with Gasteiger partial charge in [-0.15, -0.1) is 0 Å². The lowest BCUT2D eigenvalue weighted by Gasteiger charge is -2.41. The minimum atomic E-state index is -5.87. The third-order valence-corrected chi connectivity index (χ3v) is 6.09. The second kappa shape index (κ2) is 7.01. The fraction of sp³-hybridized carbons (Fsp3) is 0.600. The Balaban J connectivity index is 2.09. The van der Waals surface area contributed by atoms with Crippen molar-refractivity contribution in [3.63, 3.8) is 0 Å². The van der Waals surface area contributed by atoms with Gasteiger partial charge in [0.1, 0.15) is 0 Å². The fourth-order valence-corrected chi connectivity index (χ4v) is 4.47. The maximum atomic E-state index is 12.9. The minimum absolute atomic E-state index is 0.0517. The Labute approximate surface area is 146 Å². The van der Waals surface area contributed by atoms with Gasteiger partial charge in [-0.1, -0.05) is 18.2 Å². The predicted octanol–water partition coefficient (Wildman–Crippen LogP) is 3.38. The summed E-state index contributed by atoms with van der Waals surface area (Å²) in [5.41, 5.74) is -4.80. The van der Waals surface area contributed by atoms with E-state index in [0.717, 1.165) is 0 Å². The highest BCUT2D eigenvalue weighted by molar-refractivity contribution is 7.89. The van der Waals surface area contributed by atoms with E-state index in [1.807, 2.05) is 0 Å². The second-order valence-corrected chi connectivity index (χ2v) is 7.96. The summed E-state index contributed by atoms with van der Waals surface area (Å²) in [7, 11) is -3.93.